The molecule has 0 aromatic carbocycles. The van der Waals surface area contributed by atoms with E-state index < -0.39 is 0 Å². The van der Waals surface area contributed by atoms with Gasteiger partial charge in [-0.1, -0.05) is 6.92 Å². The predicted octanol–water partition coefficient (Wildman–Crippen LogP) is 3.55. The molecule has 1 aliphatic heterocycles. The van der Waals surface area contributed by atoms with Crippen molar-refractivity contribution in [2.24, 2.45) is 0 Å². The number of aryl methyl sites for hydroxylation is 1. The third-order valence-electron chi connectivity index (χ3n) is 3.45. The standard InChI is InChI=1S/C14H19N3S2/c1-11-9-13(12-3-8-18-14(12)19-11)16-4-2-6-17-7-5-15-10-17/h3,5,7-8,10-11,13,16H,2,4,6,9H2,1H3/t11-,13?/m0/s1. The molecule has 3 nitrogen and oxygen atoms in total. The van der Waals surface area contributed by atoms with Crippen molar-refractivity contribution in [1.82, 2.24) is 14.9 Å². The molecule has 19 heavy (non-hydrogen) atoms. The number of nitrogens with one attached hydrogen (secondary N) is 1. The average Bonchev–Trinajstić information content (AvgIpc) is 3.04. The minimum absolute atomic E-state index is 0.542. The molecule has 1 unspecified atom stereocenters. The molecule has 0 saturated carbocycles. The van der Waals surface area contributed by atoms with E-state index >= 15 is 0 Å². The fourth-order valence-corrected chi connectivity index (χ4v) is 5.07. The summed E-state index contributed by atoms with van der Waals surface area (Å²) in [6.45, 7) is 4.43. The molecular weight excluding hydrogens is 274 g/mol. The van der Waals surface area contributed by atoms with Gasteiger partial charge in [0.05, 0.1) is 10.5 Å². The lowest BCUT2D eigenvalue weighted by Gasteiger charge is -2.27. The Bertz CT molecular complexity index is 507. The van der Waals surface area contributed by atoms with Crippen LogP contribution in [0.5, 0.6) is 0 Å². The summed E-state index contributed by atoms with van der Waals surface area (Å²) in [4.78, 5) is 4.06. The van der Waals surface area contributed by atoms with Crippen molar-refractivity contribution in [1.29, 1.82) is 0 Å². The zero-order chi connectivity index (χ0) is 13.1. The van der Waals surface area contributed by atoms with Crippen LogP contribution in [-0.2, 0) is 6.54 Å². The second kappa shape index (κ2) is 6.11. The molecule has 0 spiro atoms. The first kappa shape index (κ1) is 13.2. The summed E-state index contributed by atoms with van der Waals surface area (Å²) in [5.41, 5.74) is 1.51. The van der Waals surface area contributed by atoms with Gasteiger partial charge in [0.15, 0.2) is 0 Å². The molecule has 3 heterocycles. The number of thioether (sulfide) groups is 1. The highest BCUT2D eigenvalue weighted by Gasteiger charge is 2.25. The van der Waals surface area contributed by atoms with E-state index in [4.69, 9.17) is 0 Å². The van der Waals surface area contributed by atoms with Gasteiger partial charge in [0.1, 0.15) is 0 Å². The van der Waals surface area contributed by atoms with Crippen molar-refractivity contribution in [3.05, 3.63) is 35.7 Å². The van der Waals surface area contributed by atoms with Crippen LogP contribution in [0.1, 0.15) is 31.4 Å². The van der Waals surface area contributed by atoms with Crippen LogP contribution in [0.15, 0.2) is 34.4 Å². The lowest BCUT2D eigenvalue weighted by atomic mass is 10.0. The Hall–Kier alpha value is -0.780. The van der Waals surface area contributed by atoms with Crippen LogP contribution in [0.2, 0.25) is 0 Å². The summed E-state index contributed by atoms with van der Waals surface area (Å²) >= 11 is 3.91. The first-order chi connectivity index (χ1) is 9.33. The molecule has 0 amide bonds. The van der Waals surface area contributed by atoms with E-state index in [1.165, 1.54) is 16.2 Å². The maximum atomic E-state index is 4.06. The number of thiophene rings is 1. The molecular formula is C14H19N3S2. The highest BCUT2D eigenvalue weighted by atomic mass is 32.2. The van der Waals surface area contributed by atoms with Crippen molar-refractivity contribution >= 4 is 23.1 Å². The Morgan fingerprint density at radius 1 is 1.53 bits per heavy atom. The van der Waals surface area contributed by atoms with E-state index in [2.05, 4.69) is 33.2 Å². The predicted molar refractivity (Wildman–Crippen MR) is 81.8 cm³/mol. The molecule has 0 fully saturated rings. The summed E-state index contributed by atoms with van der Waals surface area (Å²) in [5.74, 6) is 0. The normalized spacial score (nSPS) is 22.4. The van der Waals surface area contributed by atoms with Gasteiger partial charge in [0.2, 0.25) is 0 Å². The minimum atomic E-state index is 0.542. The molecule has 102 valence electrons. The van der Waals surface area contributed by atoms with Crippen molar-refractivity contribution in [2.45, 2.75) is 41.8 Å². The van der Waals surface area contributed by atoms with Gasteiger partial charge in [-0.15, -0.1) is 23.1 Å². The fourth-order valence-electron chi connectivity index (χ4n) is 2.50. The Balaban J connectivity index is 1.50. The Kier molecular flexibility index (Phi) is 4.25. The maximum absolute atomic E-state index is 4.06. The highest BCUT2D eigenvalue weighted by molar-refractivity contribution is 8.01. The highest BCUT2D eigenvalue weighted by Crippen LogP contribution is 2.43. The molecule has 3 rings (SSSR count). The lowest BCUT2D eigenvalue weighted by molar-refractivity contribution is 0.469. The average molecular weight is 293 g/mol. The molecule has 2 aromatic heterocycles. The molecule has 0 bridgehead atoms. The quantitative estimate of drug-likeness (QED) is 0.855. The fraction of sp³-hybridized carbons (Fsp3) is 0.500. The van der Waals surface area contributed by atoms with Gasteiger partial charge in [-0.3, -0.25) is 0 Å². The topological polar surface area (TPSA) is 29.9 Å². The number of hydrogen-bond donors (Lipinski definition) is 1. The lowest BCUT2D eigenvalue weighted by Crippen LogP contribution is -2.27. The summed E-state index contributed by atoms with van der Waals surface area (Å²) in [5, 5.41) is 6.65. The van der Waals surface area contributed by atoms with Crippen molar-refractivity contribution in [2.75, 3.05) is 6.54 Å². The van der Waals surface area contributed by atoms with Gasteiger partial charge in [0, 0.05) is 30.2 Å². The van der Waals surface area contributed by atoms with E-state index in [9.17, 15) is 0 Å². The maximum Gasteiger partial charge on any atom is 0.0945 e. The van der Waals surface area contributed by atoms with Crippen molar-refractivity contribution < 1.29 is 0 Å². The van der Waals surface area contributed by atoms with Crippen LogP contribution in [0.4, 0.5) is 0 Å². The Labute approximate surface area is 122 Å². The molecule has 2 atom stereocenters. The van der Waals surface area contributed by atoms with E-state index in [0.717, 1.165) is 24.8 Å². The number of aromatic nitrogens is 2. The zero-order valence-corrected chi connectivity index (χ0v) is 12.7. The second-order valence-corrected chi connectivity index (χ2v) is 7.61. The minimum Gasteiger partial charge on any atom is -0.337 e. The zero-order valence-electron chi connectivity index (χ0n) is 11.1. The molecule has 1 aliphatic rings. The SMILES string of the molecule is C[C@H]1CC(NCCCn2ccnc2)c2ccsc2S1. The van der Waals surface area contributed by atoms with Gasteiger partial charge >= 0.3 is 0 Å². The third kappa shape index (κ3) is 3.22. The number of fused-ring (bicyclic) bond motifs is 1. The van der Waals surface area contributed by atoms with Crippen LogP contribution in [0.3, 0.4) is 0 Å². The summed E-state index contributed by atoms with van der Waals surface area (Å²) in [6.07, 6.45) is 8.13. The Morgan fingerprint density at radius 3 is 3.32 bits per heavy atom. The molecule has 0 aliphatic carbocycles. The van der Waals surface area contributed by atoms with Gasteiger partial charge < -0.3 is 9.88 Å². The van der Waals surface area contributed by atoms with Gasteiger partial charge in [0.25, 0.3) is 0 Å². The monoisotopic (exact) mass is 293 g/mol. The van der Waals surface area contributed by atoms with Gasteiger partial charge in [-0.05, 0) is 36.4 Å². The molecule has 5 heteroatoms. The second-order valence-electron chi connectivity index (χ2n) is 4.99. The van der Waals surface area contributed by atoms with E-state index in [1.54, 1.807) is 0 Å². The van der Waals surface area contributed by atoms with Crippen LogP contribution in [-0.4, -0.2) is 21.3 Å². The van der Waals surface area contributed by atoms with Crippen LogP contribution in [0.25, 0.3) is 0 Å². The van der Waals surface area contributed by atoms with Crippen LogP contribution in [0, 0.1) is 0 Å². The smallest absolute Gasteiger partial charge is 0.0945 e. The van der Waals surface area contributed by atoms with E-state index in [-0.39, 0.29) is 0 Å². The summed E-state index contributed by atoms with van der Waals surface area (Å²) in [6, 6.07) is 2.83. The van der Waals surface area contributed by atoms with E-state index in [1.807, 2.05) is 41.8 Å². The first-order valence-corrected chi connectivity index (χ1v) is 8.52. The largest absolute Gasteiger partial charge is 0.337 e. The Morgan fingerprint density at radius 2 is 2.47 bits per heavy atom. The number of imidazole rings is 1. The number of hydrogen-bond acceptors (Lipinski definition) is 4. The van der Waals surface area contributed by atoms with Crippen LogP contribution < -0.4 is 5.32 Å². The van der Waals surface area contributed by atoms with E-state index in [0.29, 0.717) is 6.04 Å². The number of nitrogens with zero attached hydrogens (tertiary/aromatic N) is 2. The summed E-state index contributed by atoms with van der Waals surface area (Å²) < 4.78 is 3.64. The third-order valence-corrected chi connectivity index (χ3v) is 5.80. The van der Waals surface area contributed by atoms with Gasteiger partial charge in [-0.2, -0.15) is 0 Å². The molecule has 1 N–H and O–H groups in total. The molecule has 0 saturated heterocycles. The van der Waals surface area contributed by atoms with Crippen molar-refractivity contribution in [3.8, 4) is 0 Å². The van der Waals surface area contributed by atoms with Gasteiger partial charge in [-0.25, -0.2) is 4.98 Å². The van der Waals surface area contributed by atoms with Crippen LogP contribution >= 0.6 is 23.1 Å². The number of rotatable bonds is 5. The van der Waals surface area contributed by atoms with Crippen molar-refractivity contribution in [3.63, 3.8) is 0 Å². The molecule has 0 radical (unpaired) electrons. The molecule has 2 aromatic rings. The first-order valence-electron chi connectivity index (χ1n) is 6.76. The summed E-state index contributed by atoms with van der Waals surface area (Å²) in [7, 11) is 0.